The van der Waals surface area contributed by atoms with Gasteiger partial charge >= 0.3 is 0 Å². The van der Waals surface area contributed by atoms with Crippen LogP contribution in [-0.2, 0) is 13.0 Å². The number of likely N-dealkylation sites (tertiary alicyclic amines) is 1. The first-order valence-corrected chi connectivity index (χ1v) is 12.3. The summed E-state index contributed by atoms with van der Waals surface area (Å²) < 4.78 is 10.9. The summed E-state index contributed by atoms with van der Waals surface area (Å²) in [6.45, 7) is 6.92. The van der Waals surface area contributed by atoms with E-state index in [4.69, 9.17) is 9.47 Å². The van der Waals surface area contributed by atoms with E-state index < -0.39 is 0 Å². The molecule has 0 bridgehead atoms. The molecule has 5 nitrogen and oxygen atoms in total. The van der Waals surface area contributed by atoms with Crippen LogP contribution in [0.5, 0.6) is 11.5 Å². The molecule has 2 aliphatic rings. The van der Waals surface area contributed by atoms with Gasteiger partial charge in [0.25, 0.3) is 5.91 Å². The Kier molecular flexibility index (Phi) is 6.46. The van der Waals surface area contributed by atoms with Crippen LogP contribution in [0, 0.1) is 12.8 Å². The highest BCUT2D eigenvalue weighted by molar-refractivity contribution is 5.97. The fraction of sp³-hybridized carbons (Fsp3) is 0.414. The summed E-state index contributed by atoms with van der Waals surface area (Å²) in [4.78, 5) is 18.0. The maximum absolute atomic E-state index is 13.3. The number of fused-ring (bicyclic) bond motifs is 2. The fourth-order valence-electron chi connectivity index (χ4n) is 5.66. The minimum Gasteiger partial charge on any atom is -0.493 e. The van der Waals surface area contributed by atoms with E-state index in [1.54, 1.807) is 14.2 Å². The van der Waals surface area contributed by atoms with Gasteiger partial charge in [0.05, 0.1) is 14.2 Å². The van der Waals surface area contributed by atoms with Crippen LogP contribution in [0.15, 0.2) is 48.5 Å². The van der Waals surface area contributed by atoms with Crippen LogP contribution in [0.3, 0.4) is 0 Å². The number of aryl methyl sites for hydroxylation is 1. The smallest absolute Gasteiger partial charge is 0.254 e. The summed E-state index contributed by atoms with van der Waals surface area (Å²) >= 11 is 0. The van der Waals surface area contributed by atoms with E-state index in [1.807, 2.05) is 17.0 Å². The van der Waals surface area contributed by atoms with E-state index in [0.29, 0.717) is 17.4 Å². The zero-order valence-corrected chi connectivity index (χ0v) is 20.5. The quantitative estimate of drug-likeness (QED) is 0.517. The van der Waals surface area contributed by atoms with Crippen molar-refractivity contribution in [3.63, 3.8) is 0 Å². The van der Waals surface area contributed by atoms with Crippen LogP contribution in [0.1, 0.15) is 39.9 Å². The summed E-state index contributed by atoms with van der Waals surface area (Å²) in [6.07, 6.45) is 3.21. The van der Waals surface area contributed by atoms with E-state index in [-0.39, 0.29) is 5.91 Å². The number of carbonyl (C=O) groups is 1. The summed E-state index contributed by atoms with van der Waals surface area (Å²) in [6, 6.07) is 16.9. The second-order valence-electron chi connectivity index (χ2n) is 9.69. The molecule has 2 aliphatic heterocycles. The highest BCUT2D eigenvalue weighted by Crippen LogP contribution is 2.34. The van der Waals surface area contributed by atoms with Gasteiger partial charge in [-0.1, -0.05) is 36.4 Å². The molecule has 3 aromatic carbocycles. The first-order chi connectivity index (χ1) is 16.6. The molecule has 1 atom stereocenters. The van der Waals surface area contributed by atoms with Gasteiger partial charge in [-0.15, -0.1) is 0 Å². The Labute approximate surface area is 202 Å². The minimum absolute atomic E-state index is 0.115. The molecule has 0 spiro atoms. The Morgan fingerprint density at radius 2 is 1.79 bits per heavy atom. The lowest BCUT2D eigenvalue weighted by atomic mass is 9.93. The van der Waals surface area contributed by atoms with Crippen LogP contribution < -0.4 is 9.47 Å². The number of methoxy groups -OCH3 is 2. The maximum Gasteiger partial charge on any atom is 0.254 e. The van der Waals surface area contributed by atoms with E-state index in [0.717, 1.165) is 50.3 Å². The van der Waals surface area contributed by atoms with Crippen molar-refractivity contribution < 1.29 is 14.3 Å². The average Bonchev–Trinajstić information content (AvgIpc) is 2.87. The average molecular weight is 459 g/mol. The predicted octanol–water partition coefficient (Wildman–Crippen LogP) is 5.08. The molecule has 1 unspecified atom stereocenters. The number of nitrogens with zero attached hydrogens (tertiary/aromatic N) is 2. The van der Waals surface area contributed by atoms with Crippen molar-refractivity contribution in [3.8, 4) is 11.5 Å². The van der Waals surface area contributed by atoms with Crippen LogP contribution in [-0.4, -0.2) is 56.1 Å². The molecule has 0 N–H and O–H groups in total. The highest BCUT2D eigenvalue weighted by Gasteiger charge is 2.30. The van der Waals surface area contributed by atoms with Gasteiger partial charge < -0.3 is 14.4 Å². The van der Waals surface area contributed by atoms with Gasteiger partial charge in [-0.05, 0) is 78.2 Å². The molecular formula is C29H34N2O3. The molecule has 1 saturated heterocycles. The van der Waals surface area contributed by atoms with Crippen molar-refractivity contribution in [2.24, 2.45) is 5.92 Å². The molecular weight excluding hydrogens is 424 g/mol. The van der Waals surface area contributed by atoms with Crippen molar-refractivity contribution in [3.05, 3.63) is 70.8 Å². The molecule has 0 aromatic heterocycles. The molecule has 3 aromatic rings. The van der Waals surface area contributed by atoms with Crippen molar-refractivity contribution in [1.82, 2.24) is 9.80 Å². The van der Waals surface area contributed by atoms with Gasteiger partial charge in [-0.25, -0.2) is 0 Å². The molecule has 1 fully saturated rings. The molecule has 178 valence electrons. The van der Waals surface area contributed by atoms with E-state index in [1.165, 1.54) is 34.7 Å². The molecule has 34 heavy (non-hydrogen) atoms. The van der Waals surface area contributed by atoms with Crippen molar-refractivity contribution in [2.45, 2.75) is 32.7 Å². The lowest BCUT2D eigenvalue weighted by molar-refractivity contribution is 0.0656. The number of carbonyl (C=O) groups excluding carboxylic acids is 1. The third-order valence-corrected chi connectivity index (χ3v) is 7.52. The van der Waals surface area contributed by atoms with Gasteiger partial charge in [-0.2, -0.15) is 0 Å². The summed E-state index contributed by atoms with van der Waals surface area (Å²) in [7, 11) is 3.25. The molecule has 5 heteroatoms. The first kappa shape index (κ1) is 22.7. The Morgan fingerprint density at radius 3 is 2.62 bits per heavy atom. The number of ether oxygens (including phenoxy) is 2. The topological polar surface area (TPSA) is 42.0 Å². The van der Waals surface area contributed by atoms with Gasteiger partial charge in [0, 0.05) is 31.7 Å². The Morgan fingerprint density at radius 1 is 1.00 bits per heavy atom. The molecule has 0 saturated carbocycles. The summed E-state index contributed by atoms with van der Waals surface area (Å²) in [5.74, 6) is 1.92. The van der Waals surface area contributed by atoms with Crippen LogP contribution in [0.2, 0.25) is 0 Å². The summed E-state index contributed by atoms with van der Waals surface area (Å²) in [5, 5.41) is 2.66. The highest BCUT2D eigenvalue weighted by atomic mass is 16.5. The fourth-order valence-corrected chi connectivity index (χ4v) is 5.66. The zero-order valence-electron chi connectivity index (χ0n) is 20.5. The van der Waals surface area contributed by atoms with Gasteiger partial charge in [0.15, 0.2) is 11.5 Å². The number of benzene rings is 3. The molecule has 5 rings (SSSR count). The van der Waals surface area contributed by atoms with Gasteiger partial charge in [0.1, 0.15) is 0 Å². The standard InChI is InChI=1S/C29H34N2O3/c1-20-10-11-22-8-4-5-9-24(22)26(20)19-30-13-6-7-21(17-30)18-31-14-12-23-15-27(33-2)28(34-3)16-25(23)29(31)32/h4-5,8-11,15-16,21H,6-7,12-14,17-19H2,1-3H3. The molecule has 0 radical (unpaired) electrons. The summed E-state index contributed by atoms with van der Waals surface area (Å²) in [5.41, 5.74) is 4.59. The van der Waals surface area contributed by atoms with Crippen LogP contribution >= 0.6 is 0 Å². The second kappa shape index (κ2) is 9.67. The first-order valence-electron chi connectivity index (χ1n) is 12.3. The third kappa shape index (κ3) is 4.37. The number of rotatable bonds is 6. The van der Waals surface area contributed by atoms with Crippen molar-refractivity contribution >= 4 is 16.7 Å². The second-order valence-corrected chi connectivity index (χ2v) is 9.69. The molecule has 0 aliphatic carbocycles. The largest absolute Gasteiger partial charge is 0.493 e. The minimum atomic E-state index is 0.115. The number of piperidine rings is 1. The molecule has 2 heterocycles. The maximum atomic E-state index is 13.3. The Balaban J connectivity index is 1.29. The van der Waals surface area contributed by atoms with Crippen LogP contribution in [0.4, 0.5) is 0 Å². The molecule has 1 amide bonds. The van der Waals surface area contributed by atoms with E-state index in [9.17, 15) is 4.79 Å². The number of hydrogen-bond acceptors (Lipinski definition) is 4. The Bertz CT molecular complexity index is 1210. The van der Waals surface area contributed by atoms with Gasteiger partial charge in [-0.3, -0.25) is 9.69 Å². The predicted molar refractivity (Wildman–Crippen MR) is 136 cm³/mol. The third-order valence-electron chi connectivity index (χ3n) is 7.52. The van der Waals surface area contributed by atoms with Crippen molar-refractivity contribution in [2.75, 3.05) is 40.4 Å². The van der Waals surface area contributed by atoms with Crippen LogP contribution in [0.25, 0.3) is 10.8 Å². The lowest BCUT2D eigenvalue weighted by Gasteiger charge is -2.37. The lowest BCUT2D eigenvalue weighted by Crippen LogP contribution is -2.45. The normalized spacial score (nSPS) is 18.7. The zero-order chi connectivity index (χ0) is 23.7. The van der Waals surface area contributed by atoms with Gasteiger partial charge in [0.2, 0.25) is 0 Å². The monoisotopic (exact) mass is 458 g/mol. The number of hydrogen-bond donors (Lipinski definition) is 0. The van der Waals surface area contributed by atoms with Crippen molar-refractivity contribution in [1.29, 1.82) is 0 Å². The SMILES string of the molecule is COc1cc2c(cc1OC)C(=O)N(CC1CCCN(Cc3c(C)ccc4ccccc34)C1)CC2. The van der Waals surface area contributed by atoms with E-state index >= 15 is 0 Å². The number of amides is 1. The Hall–Kier alpha value is -3.05. The van der Waals surface area contributed by atoms with E-state index in [2.05, 4.69) is 48.2 Å².